The molecule has 2 aromatic rings. The molecule has 1 fully saturated rings. The van der Waals surface area contributed by atoms with Gasteiger partial charge < -0.3 is 10.2 Å². The number of halogens is 3. The molecule has 1 amide bonds. The molecule has 0 atom stereocenters. The lowest BCUT2D eigenvalue weighted by molar-refractivity contribution is -0.139. The number of carbonyl (C=O) groups excluding carboxylic acids is 1. The van der Waals surface area contributed by atoms with Gasteiger partial charge in [0.2, 0.25) is 5.91 Å². The summed E-state index contributed by atoms with van der Waals surface area (Å²) in [6.45, 7) is 2.87. The van der Waals surface area contributed by atoms with Crippen LogP contribution >= 0.6 is 0 Å². The average molecular weight is 471 g/mol. The molecule has 1 heterocycles. The maximum absolute atomic E-state index is 13.4. The third-order valence-corrected chi connectivity index (χ3v) is 6.52. The minimum atomic E-state index is -4.50. The van der Waals surface area contributed by atoms with Crippen LogP contribution in [0.2, 0.25) is 0 Å². The maximum Gasteiger partial charge on any atom is 0.416 e. The van der Waals surface area contributed by atoms with Crippen LogP contribution in [-0.2, 0) is 30.5 Å². The van der Waals surface area contributed by atoms with Gasteiger partial charge in [0.05, 0.1) is 24.6 Å². The smallest absolute Gasteiger partial charge is 0.376 e. The normalized spacial score (nSPS) is 15.9. The minimum absolute atomic E-state index is 0.0223. The van der Waals surface area contributed by atoms with E-state index in [2.05, 4.69) is 16.3 Å². The summed E-state index contributed by atoms with van der Waals surface area (Å²) in [5.41, 5.74) is 2.62. The summed E-state index contributed by atoms with van der Waals surface area (Å²) in [7, 11) is 0. The molecule has 8 heteroatoms. The van der Waals surface area contributed by atoms with Gasteiger partial charge in [0.25, 0.3) is 0 Å². The number of fused-ring (bicyclic) bond motifs is 1. The summed E-state index contributed by atoms with van der Waals surface area (Å²) in [4.78, 5) is 16.8. The second-order valence-electron chi connectivity index (χ2n) is 9.10. The van der Waals surface area contributed by atoms with Gasteiger partial charge in [-0.2, -0.15) is 18.4 Å². The summed E-state index contributed by atoms with van der Waals surface area (Å²) < 4.78 is 40.2. The van der Waals surface area contributed by atoms with Crippen LogP contribution < -0.4 is 5.32 Å². The van der Waals surface area contributed by atoms with Crippen molar-refractivity contribution in [3.8, 4) is 6.07 Å². The monoisotopic (exact) mass is 470 g/mol. The van der Waals surface area contributed by atoms with Crippen LogP contribution in [0.5, 0.6) is 0 Å². The first kappa shape index (κ1) is 24.1. The van der Waals surface area contributed by atoms with Crippen LogP contribution in [0.1, 0.15) is 41.5 Å². The van der Waals surface area contributed by atoms with Gasteiger partial charge in [-0.1, -0.05) is 30.3 Å². The topological polar surface area (TPSA) is 59.4 Å². The van der Waals surface area contributed by atoms with Crippen molar-refractivity contribution in [3.63, 3.8) is 0 Å². The Hall–Kier alpha value is -3.05. The first-order valence-corrected chi connectivity index (χ1v) is 11.7. The van der Waals surface area contributed by atoms with Crippen LogP contribution in [0, 0.1) is 17.2 Å². The van der Waals surface area contributed by atoms with Crippen LogP contribution in [0.25, 0.3) is 0 Å². The number of nitrogens with one attached hydrogen (secondary N) is 1. The molecule has 1 N–H and O–H groups in total. The molecule has 0 radical (unpaired) electrons. The van der Waals surface area contributed by atoms with E-state index in [1.54, 1.807) is 0 Å². The number of anilines is 1. The lowest BCUT2D eigenvalue weighted by atomic mass is 9.97. The fourth-order valence-corrected chi connectivity index (χ4v) is 4.55. The highest BCUT2D eigenvalue weighted by Gasteiger charge is 2.33. The third-order valence-electron chi connectivity index (χ3n) is 6.52. The number of nitriles is 1. The Bertz CT molecular complexity index is 1060. The van der Waals surface area contributed by atoms with Gasteiger partial charge in [0, 0.05) is 38.4 Å². The molecule has 0 spiro atoms. The van der Waals surface area contributed by atoms with Crippen molar-refractivity contribution >= 4 is 11.6 Å². The van der Waals surface area contributed by atoms with Crippen molar-refractivity contribution in [1.29, 1.82) is 5.26 Å². The summed E-state index contributed by atoms with van der Waals surface area (Å²) >= 11 is 0. The first-order chi connectivity index (χ1) is 16.3. The van der Waals surface area contributed by atoms with E-state index in [0.29, 0.717) is 0 Å². The molecule has 0 aromatic heterocycles. The molecule has 1 saturated carbocycles. The van der Waals surface area contributed by atoms with E-state index in [9.17, 15) is 18.0 Å². The second kappa shape index (κ2) is 10.5. The van der Waals surface area contributed by atoms with Gasteiger partial charge in [-0.3, -0.25) is 9.69 Å². The van der Waals surface area contributed by atoms with Crippen LogP contribution in [0.4, 0.5) is 18.9 Å². The molecular weight excluding hydrogens is 441 g/mol. The molecule has 2 aliphatic rings. The number of rotatable bonds is 9. The molecule has 0 saturated heterocycles. The summed E-state index contributed by atoms with van der Waals surface area (Å²) in [6.07, 6.45) is -0.908. The molecule has 1 aliphatic carbocycles. The lowest BCUT2D eigenvalue weighted by Crippen LogP contribution is -2.37. The summed E-state index contributed by atoms with van der Waals surface area (Å²) in [5, 5.41) is 12.2. The largest absolute Gasteiger partial charge is 0.416 e. The van der Waals surface area contributed by atoms with E-state index >= 15 is 0 Å². The van der Waals surface area contributed by atoms with E-state index in [1.165, 1.54) is 47.1 Å². The second-order valence-corrected chi connectivity index (χ2v) is 9.10. The van der Waals surface area contributed by atoms with Crippen LogP contribution in [0.15, 0.2) is 42.5 Å². The number of hydrogen-bond acceptors (Lipinski definition) is 4. The standard InChI is InChI=1S/C26H29F3N4O/c27-26(28,29)23-7-2-1-5-21(23)18-33(13-4-12-30)25(34)15-31-24-8-3-6-20-17-32(14-11-22(20)24)16-19-9-10-19/h1-3,5-8,19,31H,4,9-11,13-18H2. The van der Waals surface area contributed by atoms with Crippen molar-refractivity contribution in [3.05, 3.63) is 64.7 Å². The van der Waals surface area contributed by atoms with Gasteiger partial charge in [-0.25, -0.2) is 0 Å². The van der Waals surface area contributed by atoms with E-state index in [0.717, 1.165) is 43.7 Å². The molecule has 0 bridgehead atoms. The Kier molecular flexibility index (Phi) is 7.42. The maximum atomic E-state index is 13.4. The Labute approximate surface area is 198 Å². The van der Waals surface area contributed by atoms with E-state index in [4.69, 9.17) is 5.26 Å². The lowest BCUT2D eigenvalue weighted by Gasteiger charge is -2.30. The van der Waals surface area contributed by atoms with Gasteiger partial charge >= 0.3 is 6.18 Å². The first-order valence-electron chi connectivity index (χ1n) is 11.7. The number of hydrogen-bond donors (Lipinski definition) is 1. The zero-order valence-electron chi connectivity index (χ0n) is 19.1. The van der Waals surface area contributed by atoms with Crippen LogP contribution in [0.3, 0.4) is 0 Å². The predicted molar refractivity (Wildman–Crippen MR) is 124 cm³/mol. The average Bonchev–Trinajstić information content (AvgIpc) is 3.63. The Balaban J connectivity index is 1.43. The molecule has 180 valence electrons. The quantitative estimate of drug-likeness (QED) is 0.571. The fraction of sp³-hybridized carbons (Fsp3) is 0.462. The Morgan fingerprint density at radius 2 is 1.97 bits per heavy atom. The van der Waals surface area contributed by atoms with Crippen molar-refractivity contribution in [2.75, 3.05) is 31.5 Å². The SMILES string of the molecule is N#CCCN(Cc1ccccc1C(F)(F)F)C(=O)CNc1cccc2c1CCN(CC1CC1)C2. The molecule has 2 aromatic carbocycles. The molecule has 0 unspecified atom stereocenters. The Morgan fingerprint density at radius 1 is 1.18 bits per heavy atom. The van der Waals surface area contributed by atoms with Crippen LogP contribution in [-0.4, -0.2) is 41.9 Å². The summed E-state index contributed by atoms with van der Waals surface area (Å²) in [5.74, 6) is 0.498. The summed E-state index contributed by atoms with van der Waals surface area (Å²) in [6, 6.07) is 13.3. The Morgan fingerprint density at radius 3 is 2.71 bits per heavy atom. The fourth-order valence-electron chi connectivity index (χ4n) is 4.55. The van der Waals surface area contributed by atoms with E-state index in [-0.39, 0.29) is 37.5 Å². The highest BCUT2D eigenvalue weighted by atomic mass is 19.4. The molecule has 4 rings (SSSR count). The van der Waals surface area contributed by atoms with Gasteiger partial charge in [-0.05, 0) is 54.0 Å². The van der Waals surface area contributed by atoms with Crippen molar-refractivity contribution in [2.45, 2.75) is 44.9 Å². The van der Waals surface area contributed by atoms with Gasteiger partial charge in [-0.15, -0.1) is 0 Å². The number of alkyl halides is 3. The van der Waals surface area contributed by atoms with Gasteiger partial charge in [0.1, 0.15) is 0 Å². The highest BCUT2D eigenvalue weighted by molar-refractivity contribution is 5.81. The highest BCUT2D eigenvalue weighted by Crippen LogP contribution is 2.34. The zero-order valence-corrected chi connectivity index (χ0v) is 19.1. The van der Waals surface area contributed by atoms with Gasteiger partial charge in [0.15, 0.2) is 0 Å². The zero-order chi connectivity index (χ0) is 24.1. The number of amides is 1. The van der Waals surface area contributed by atoms with Crippen molar-refractivity contribution < 1.29 is 18.0 Å². The molecule has 5 nitrogen and oxygen atoms in total. The minimum Gasteiger partial charge on any atom is -0.376 e. The number of nitrogens with zero attached hydrogens (tertiary/aromatic N) is 3. The van der Waals surface area contributed by atoms with E-state index < -0.39 is 11.7 Å². The number of carbonyl (C=O) groups is 1. The molecule has 1 aliphatic heterocycles. The predicted octanol–water partition coefficient (Wildman–Crippen LogP) is 4.83. The third kappa shape index (κ3) is 6.09. The molecule has 34 heavy (non-hydrogen) atoms. The van der Waals surface area contributed by atoms with E-state index in [1.807, 2.05) is 18.2 Å². The number of benzene rings is 2. The molecular formula is C26H29F3N4O. The van der Waals surface area contributed by atoms with Crippen molar-refractivity contribution in [2.24, 2.45) is 5.92 Å². The van der Waals surface area contributed by atoms with Crippen molar-refractivity contribution in [1.82, 2.24) is 9.80 Å².